The molecule has 0 aliphatic carbocycles. The lowest BCUT2D eigenvalue weighted by Gasteiger charge is -2.26. The molecule has 0 atom stereocenters. The molecule has 0 radical (unpaired) electrons. The minimum Gasteiger partial charge on any atom is -0.371 e. The predicted octanol–water partition coefficient (Wildman–Crippen LogP) is 6.97. The fraction of sp³-hybridized carbons (Fsp3) is 0.593. The molecule has 1 rings (SSSR count). The Labute approximate surface area is 202 Å². The summed E-state index contributed by atoms with van der Waals surface area (Å²) < 4.78 is 30.7. The second kappa shape index (κ2) is 16.5. The van der Waals surface area contributed by atoms with Gasteiger partial charge < -0.3 is 9.08 Å². The minimum absolute atomic E-state index is 0.0520. The van der Waals surface area contributed by atoms with Gasteiger partial charge in [0.15, 0.2) is 0 Å². The van der Waals surface area contributed by atoms with Crippen molar-refractivity contribution in [3.05, 3.63) is 48.6 Å². The molecule has 0 amide bonds. The van der Waals surface area contributed by atoms with Crippen molar-refractivity contribution in [3.8, 4) is 0 Å². The summed E-state index contributed by atoms with van der Waals surface area (Å²) in [7, 11) is -4.24. The first-order valence-electron chi connectivity index (χ1n) is 12.6. The van der Waals surface area contributed by atoms with E-state index in [1.807, 2.05) is 24.8 Å². The highest BCUT2D eigenvalue weighted by Gasteiger charge is 2.26. The van der Waals surface area contributed by atoms with E-state index in [2.05, 4.69) is 13.5 Å². The minimum atomic E-state index is -4.24. The normalized spacial score (nSPS) is 11.6. The Morgan fingerprint density at radius 2 is 1.52 bits per heavy atom. The van der Waals surface area contributed by atoms with Gasteiger partial charge in [-0.15, -0.1) is 0 Å². The van der Waals surface area contributed by atoms with Gasteiger partial charge in [0.1, 0.15) is 4.90 Å². The van der Waals surface area contributed by atoms with Gasteiger partial charge in [-0.05, 0) is 38.3 Å². The summed E-state index contributed by atoms with van der Waals surface area (Å²) in [6, 6.07) is 5.24. The Morgan fingerprint density at radius 3 is 2.06 bits per heavy atom. The molecule has 6 heteroatoms. The summed E-state index contributed by atoms with van der Waals surface area (Å²) in [5, 5.41) is 0. The highest BCUT2D eigenvalue weighted by Crippen LogP contribution is 2.32. The number of unbranched alkanes of at least 4 members (excludes halogenated alkanes) is 9. The average Bonchev–Trinajstić information content (AvgIpc) is 2.80. The molecule has 0 aromatic heterocycles. The number of rotatable bonds is 18. The molecule has 0 saturated heterocycles. The van der Waals surface area contributed by atoms with Gasteiger partial charge in [0.2, 0.25) is 0 Å². The van der Waals surface area contributed by atoms with Crippen LogP contribution in [0.25, 0.3) is 0 Å². The maximum atomic E-state index is 12.9. The van der Waals surface area contributed by atoms with Gasteiger partial charge in [0, 0.05) is 19.2 Å². The van der Waals surface area contributed by atoms with Crippen LogP contribution in [0.5, 0.6) is 0 Å². The highest BCUT2D eigenvalue weighted by atomic mass is 32.2. The summed E-state index contributed by atoms with van der Waals surface area (Å²) in [6.45, 7) is 11.0. The molecule has 33 heavy (non-hydrogen) atoms. The monoisotopic (exact) mass is 477 g/mol. The van der Waals surface area contributed by atoms with Crippen LogP contribution in [0.4, 0.5) is 5.69 Å². The SMILES string of the molecule is C=CC=CC(=O)OS(=O)(=O)c1cccc(CCCCCCCCCCCC)c1N(CC)CC. The molecule has 0 saturated carbocycles. The Bertz CT molecular complexity index is 842. The van der Waals surface area contributed by atoms with Crippen molar-refractivity contribution in [1.82, 2.24) is 0 Å². The molecule has 0 aliphatic heterocycles. The third-order valence-corrected chi connectivity index (χ3v) is 7.04. The molecule has 1 aromatic carbocycles. The van der Waals surface area contributed by atoms with Crippen LogP contribution in [-0.2, 0) is 25.5 Å². The number of aryl methyl sites for hydroxylation is 1. The molecular weight excluding hydrogens is 434 g/mol. The van der Waals surface area contributed by atoms with Gasteiger partial charge in [-0.25, -0.2) is 4.79 Å². The summed E-state index contributed by atoms with van der Waals surface area (Å²) in [6.07, 6.45) is 17.2. The molecule has 0 aliphatic rings. The fourth-order valence-corrected chi connectivity index (χ4v) is 5.10. The van der Waals surface area contributed by atoms with Crippen molar-refractivity contribution < 1.29 is 17.4 Å². The summed E-state index contributed by atoms with van der Waals surface area (Å²) in [5.74, 6) is -0.930. The van der Waals surface area contributed by atoms with E-state index < -0.39 is 16.1 Å². The van der Waals surface area contributed by atoms with E-state index in [0.29, 0.717) is 18.8 Å². The number of benzene rings is 1. The molecular formula is C27H43NO4S. The number of anilines is 1. The lowest BCUT2D eigenvalue weighted by molar-refractivity contribution is -0.128. The molecule has 186 valence electrons. The molecule has 0 N–H and O–H groups in total. The number of hydrogen-bond donors (Lipinski definition) is 0. The van der Waals surface area contributed by atoms with E-state index >= 15 is 0 Å². The van der Waals surface area contributed by atoms with Gasteiger partial charge in [-0.2, -0.15) is 8.42 Å². The summed E-state index contributed by atoms with van der Waals surface area (Å²) in [5.41, 5.74) is 1.64. The lowest BCUT2D eigenvalue weighted by atomic mass is 10.0. The fourth-order valence-electron chi connectivity index (χ4n) is 4.00. The number of nitrogens with zero attached hydrogens (tertiary/aromatic N) is 1. The highest BCUT2D eigenvalue weighted by molar-refractivity contribution is 7.87. The number of carbonyl (C=O) groups excluding carboxylic acids is 1. The number of hydrogen-bond acceptors (Lipinski definition) is 5. The van der Waals surface area contributed by atoms with Crippen LogP contribution in [0.2, 0.25) is 0 Å². The first kappa shape index (κ1) is 29.0. The third-order valence-electron chi connectivity index (χ3n) is 5.79. The molecule has 0 spiro atoms. The first-order chi connectivity index (χ1) is 15.9. The van der Waals surface area contributed by atoms with Crippen molar-refractivity contribution in [1.29, 1.82) is 0 Å². The van der Waals surface area contributed by atoms with E-state index in [-0.39, 0.29) is 4.90 Å². The van der Waals surface area contributed by atoms with E-state index in [4.69, 9.17) is 4.18 Å². The second-order valence-corrected chi connectivity index (χ2v) is 9.83. The van der Waals surface area contributed by atoms with E-state index in [1.54, 1.807) is 6.07 Å². The van der Waals surface area contributed by atoms with Crippen molar-refractivity contribution >= 4 is 21.8 Å². The molecule has 0 heterocycles. The maximum absolute atomic E-state index is 12.9. The van der Waals surface area contributed by atoms with Crippen LogP contribution in [0.3, 0.4) is 0 Å². The Kier molecular flexibility index (Phi) is 14.5. The van der Waals surface area contributed by atoms with Crippen molar-refractivity contribution in [2.24, 2.45) is 0 Å². The summed E-state index contributed by atoms with van der Waals surface area (Å²) >= 11 is 0. The van der Waals surface area contributed by atoms with E-state index in [1.165, 1.54) is 69.6 Å². The van der Waals surface area contributed by atoms with Crippen molar-refractivity contribution in [3.63, 3.8) is 0 Å². The molecule has 5 nitrogen and oxygen atoms in total. The largest absolute Gasteiger partial charge is 0.371 e. The van der Waals surface area contributed by atoms with Crippen molar-refractivity contribution in [2.45, 2.75) is 96.3 Å². The van der Waals surface area contributed by atoms with Crippen LogP contribution in [-0.4, -0.2) is 27.5 Å². The lowest BCUT2D eigenvalue weighted by Crippen LogP contribution is -2.26. The van der Waals surface area contributed by atoms with Crippen molar-refractivity contribution in [2.75, 3.05) is 18.0 Å². The maximum Gasteiger partial charge on any atom is 0.346 e. The van der Waals surface area contributed by atoms with Crippen LogP contribution in [0.15, 0.2) is 47.9 Å². The zero-order valence-corrected chi connectivity index (χ0v) is 21.7. The number of carbonyl (C=O) groups is 1. The van der Waals surface area contributed by atoms with Crippen LogP contribution >= 0.6 is 0 Å². The first-order valence-corrected chi connectivity index (χ1v) is 14.0. The van der Waals surface area contributed by atoms with Gasteiger partial charge in [0.25, 0.3) is 0 Å². The predicted molar refractivity (Wildman–Crippen MR) is 138 cm³/mol. The second-order valence-electron chi connectivity index (χ2n) is 8.32. The zero-order valence-electron chi connectivity index (χ0n) is 20.9. The Morgan fingerprint density at radius 1 is 0.939 bits per heavy atom. The van der Waals surface area contributed by atoms with Gasteiger partial charge in [0.05, 0.1) is 5.69 Å². The molecule has 0 unspecified atom stereocenters. The summed E-state index contributed by atoms with van der Waals surface area (Å²) in [4.78, 5) is 14.0. The third kappa shape index (κ3) is 10.6. The molecule has 0 bridgehead atoms. The van der Waals surface area contributed by atoms with E-state index in [9.17, 15) is 13.2 Å². The average molecular weight is 478 g/mol. The topological polar surface area (TPSA) is 63.7 Å². The van der Waals surface area contributed by atoms with Crippen LogP contribution in [0.1, 0.15) is 90.5 Å². The smallest absolute Gasteiger partial charge is 0.346 e. The van der Waals surface area contributed by atoms with Gasteiger partial charge >= 0.3 is 16.1 Å². The van der Waals surface area contributed by atoms with Crippen LogP contribution in [0, 0.1) is 0 Å². The van der Waals surface area contributed by atoms with Gasteiger partial charge in [-0.3, -0.25) is 0 Å². The quantitative estimate of drug-likeness (QED) is 0.0988. The number of para-hydroxylation sites is 1. The molecule has 0 fully saturated rings. The standard InChI is InChI=1S/C27H43NO4S/c1-5-9-11-12-13-14-15-16-17-18-20-24-21-19-22-25(27(24)28(7-3)8-4)33(30,31)32-26(29)23-10-6-2/h6,10,19,21-23H,2,5,7-9,11-18,20H2,1,3-4H3. The molecule has 1 aromatic rings. The Balaban J connectivity index is 2.83. The van der Waals surface area contributed by atoms with E-state index in [0.717, 1.165) is 30.9 Å². The van der Waals surface area contributed by atoms with Gasteiger partial charge in [-0.1, -0.05) is 95.6 Å². The zero-order chi connectivity index (χ0) is 24.5. The van der Waals surface area contributed by atoms with Crippen LogP contribution < -0.4 is 4.90 Å². The number of allylic oxidation sites excluding steroid dienone is 2. The Hall–Kier alpha value is -2.08.